The number of hydrogen-bond donors (Lipinski definition) is 0. The first-order chi connectivity index (χ1) is 10.1. The standard InChI is InChI=1S/C20H23N/c1-14-8-9-17(12-15(14)2)10-11-18-6-5-7-19-16(3)21(4)13-20(18)19/h5-9,12H,3,10-11,13H2,1-2,4H3. The Labute approximate surface area is 127 Å². The van der Waals surface area contributed by atoms with Crippen molar-refractivity contribution in [2.75, 3.05) is 7.05 Å². The highest BCUT2D eigenvalue weighted by atomic mass is 15.1. The van der Waals surface area contributed by atoms with Crippen molar-refractivity contribution in [1.82, 2.24) is 4.90 Å². The van der Waals surface area contributed by atoms with Crippen LogP contribution in [-0.4, -0.2) is 11.9 Å². The van der Waals surface area contributed by atoms with Gasteiger partial charge in [0.2, 0.25) is 0 Å². The molecule has 0 bridgehead atoms. The summed E-state index contributed by atoms with van der Waals surface area (Å²) in [5.74, 6) is 0. The van der Waals surface area contributed by atoms with Gasteiger partial charge in [-0.3, -0.25) is 0 Å². The molecular weight excluding hydrogens is 254 g/mol. The van der Waals surface area contributed by atoms with Crippen molar-refractivity contribution < 1.29 is 0 Å². The molecule has 0 saturated heterocycles. The van der Waals surface area contributed by atoms with Crippen LogP contribution in [0.1, 0.15) is 33.4 Å². The Morgan fingerprint density at radius 3 is 2.62 bits per heavy atom. The first kappa shape index (κ1) is 13.9. The summed E-state index contributed by atoms with van der Waals surface area (Å²) >= 11 is 0. The number of hydrogen-bond acceptors (Lipinski definition) is 1. The van der Waals surface area contributed by atoms with E-state index in [1.165, 1.54) is 33.4 Å². The molecule has 1 heterocycles. The minimum absolute atomic E-state index is 0.997. The third-order valence-electron chi connectivity index (χ3n) is 4.69. The van der Waals surface area contributed by atoms with Gasteiger partial charge in [-0.15, -0.1) is 0 Å². The lowest BCUT2D eigenvalue weighted by molar-refractivity contribution is 0.499. The summed E-state index contributed by atoms with van der Waals surface area (Å²) in [6.07, 6.45) is 2.21. The van der Waals surface area contributed by atoms with Gasteiger partial charge >= 0.3 is 0 Å². The molecule has 1 heteroatoms. The van der Waals surface area contributed by atoms with E-state index < -0.39 is 0 Å². The molecule has 0 aliphatic carbocycles. The van der Waals surface area contributed by atoms with Gasteiger partial charge < -0.3 is 4.90 Å². The second-order valence-electron chi connectivity index (χ2n) is 6.16. The van der Waals surface area contributed by atoms with Gasteiger partial charge in [-0.1, -0.05) is 43.0 Å². The van der Waals surface area contributed by atoms with Crippen molar-refractivity contribution >= 4 is 5.70 Å². The Bertz CT molecular complexity index is 697. The summed E-state index contributed by atoms with van der Waals surface area (Å²) < 4.78 is 0. The predicted molar refractivity (Wildman–Crippen MR) is 90.3 cm³/mol. The number of aryl methyl sites for hydroxylation is 4. The highest BCUT2D eigenvalue weighted by Crippen LogP contribution is 2.32. The maximum Gasteiger partial charge on any atom is 0.0435 e. The van der Waals surface area contributed by atoms with E-state index in [4.69, 9.17) is 0 Å². The average molecular weight is 277 g/mol. The molecule has 3 rings (SSSR count). The van der Waals surface area contributed by atoms with Gasteiger partial charge in [0.25, 0.3) is 0 Å². The lowest BCUT2D eigenvalue weighted by Gasteiger charge is -2.10. The summed E-state index contributed by atoms with van der Waals surface area (Å²) in [6.45, 7) is 9.54. The van der Waals surface area contributed by atoms with Gasteiger partial charge in [-0.2, -0.15) is 0 Å². The summed E-state index contributed by atoms with van der Waals surface area (Å²) in [7, 11) is 2.12. The van der Waals surface area contributed by atoms with E-state index in [9.17, 15) is 0 Å². The van der Waals surface area contributed by atoms with Crippen molar-refractivity contribution in [1.29, 1.82) is 0 Å². The van der Waals surface area contributed by atoms with Gasteiger partial charge in [0, 0.05) is 24.9 Å². The van der Waals surface area contributed by atoms with Crippen LogP contribution in [-0.2, 0) is 19.4 Å². The second-order valence-corrected chi connectivity index (χ2v) is 6.16. The van der Waals surface area contributed by atoms with Crippen LogP contribution in [0.25, 0.3) is 5.70 Å². The minimum atomic E-state index is 0.997. The van der Waals surface area contributed by atoms with Crippen LogP contribution >= 0.6 is 0 Å². The van der Waals surface area contributed by atoms with Crippen LogP contribution in [0.2, 0.25) is 0 Å². The molecule has 108 valence electrons. The summed E-state index contributed by atoms with van der Waals surface area (Å²) in [5, 5.41) is 0. The van der Waals surface area contributed by atoms with E-state index in [1.807, 2.05) is 0 Å². The molecule has 0 unspecified atom stereocenters. The van der Waals surface area contributed by atoms with Crippen LogP contribution in [0.5, 0.6) is 0 Å². The Morgan fingerprint density at radius 1 is 1.05 bits per heavy atom. The van der Waals surface area contributed by atoms with Crippen molar-refractivity contribution in [3.05, 3.63) is 76.4 Å². The third-order valence-corrected chi connectivity index (χ3v) is 4.69. The number of benzene rings is 2. The molecule has 2 aromatic carbocycles. The van der Waals surface area contributed by atoms with Crippen LogP contribution < -0.4 is 0 Å². The van der Waals surface area contributed by atoms with E-state index in [2.05, 4.69) is 68.8 Å². The molecule has 2 aromatic rings. The fraction of sp³-hybridized carbons (Fsp3) is 0.300. The van der Waals surface area contributed by atoms with Gasteiger partial charge in [-0.25, -0.2) is 0 Å². The molecule has 0 N–H and O–H groups in total. The van der Waals surface area contributed by atoms with Crippen LogP contribution in [0.3, 0.4) is 0 Å². The molecule has 0 aromatic heterocycles. The second kappa shape index (κ2) is 5.40. The fourth-order valence-corrected chi connectivity index (χ4v) is 3.10. The molecule has 0 saturated carbocycles. The summed E-state index contributed by atoms with van der Waals surface area (Å²) in [4.78, 5) is 2.24. The Balaban J connectivity index is 1.81. The molecule has 0 fully saturated rings. The Morgan fingerprint density at radius 2 is 1.86 bits per heavy atom. The quantitative estimate of drug-likeness (QED) is 0.798. The Kier molecular flexibility index (Phi) is 3.59. The van der Waals surface area contributed by atoms with Crippen molar-refractivity contribution in [3.63, 3.8) is 0 Å². The molecule has 1 aliphatic heterocycles. The molecule has 1 aliphatic rings. The zero-order valence-electron chi connectivity index (χ0n) is 13.2. The van der Waals surface area contributed by atoms with Crippen molar-refractivity contribution in [3.8, 4) is 0 Å². The van der Waals surface area contributed by atoms with Crippen LogP contribution in [0.4, 0.5) is 0 Å². The molecule has 1 nitrogen and oxygen atoms in total. The largest absolute Gasteiger partial charge is 0.370 e. The minimum Gasteiger partial charge on any atom is -0.370 e. The normalized spacial score (nSPS) is 13.7. The van der Waals surface area contributed by atoms with E-state index in [-0.39, 0.29) is 0 Å². The molecule has 21 heavy (non-hydrogen) atoms. The van der Waals surface area contributed by atoms with Crippen molar-refractivity contribution in [2.45, 2.75) is 33.2 Å². The molecule has 0 spiro atoms. The molecule has 0 radical (unpaired) electrons. The van der Waals surface area contributed by atoms with Crippen LogP contribution in [0, 0.1) is 13.8 Å². The molecule has 0 atom stereocenters. The number of nitrogens with zero attached hydrogens (tertiary/aromatic N) is 1. The number of rotatable bonds is 3. The lowest BCUT2D eigenvalue weighted by Crippen LogP contribution is -2.07. The maximum atomic E-state index is 4.18. The van der Waals surface area contributed by atoms with Gasteiger partial charge in [-0.05, 0) is 54.5 Å². The zero-order chi connectivity index (χ0) is 15.0. The SMILES string of the molecule is C=C1c2cccc(CCc3ccc(C)c(C)c3)c2CN1C. The predicted octanol–water partition coefficient (Wildman–Crippen LogP) is 4.50. The first-order valence-corrected chi connectivity index (χ1v) is 7.63. The van der Waals surface area contributed by atoms with E-state index in [1.54, 1.807) is 0 Å². The van der Waals surface area contributed by atoms with E-state index in [0.717, 1.165) is 25.1 Å². The van der Waals surface area contributed by atoms with Gasteiger partial charge in [0.1, 0.15) is 0 Å². The van der Waals surface area contributed by atoms with Crippen molar-refractivity contribution in [2.24, 2.45) is 0 Å². The number of fused-ring (bicyclic) bond motifs is 1. The van der Waals surface area contributed by atoms with E-state index in [0.29, 0.717) is 0 Å². The molecule has 0 amide bonds. The topological polar surface area (TPSA) is 3.24 Å². The zero-order valence-corrected chi connectivity index (χ0v) is 13.2. The highest BCUT2D eigenvalue weighted by molar-refractivity contribution is 5.70. The lowest BCUT2D eigenvalue weighted by atomic mass is 9.96. The summed E-state index contributed by atoms with van der Waals surface area (Å²) in [6, 6.07) is 13.4. The summed E-state index contributed by atoms with van der Waals surface area (Å²) in [5.41, 5.74) is 9.61. The highest BCUT2D eigenvalue weighted by Gasteiger charge is 2.21. The van der Waals surface area contributed by atoms with E-state index >= 15 is 0 Å². The smallest absolute Gasteiger partial charge is 0.0435 e. The third kappa shape index (κ3) is 2.61. The average Bonchev–Trinajstić information content (AvgIpc) is 2.76. The fourth-order valence-electron chi connectivity index (χ4n) is 3.10. The van der Waals surface area contributed by atoms with Gasteiger partial charge in [0.15, 0.2) is 0 Å². The van der Waals surface area contributed by atoms with Gasteiger partial charge in [0.05, 0.1) is 0 Å². The monoisotopic (exact) mass is 277 g/mol. The molecular formula is C20H23N. The Hall–Kier alpha value is -2.02. The first-order valence-electron chi connectivity index (χ1n) is 7.63. The van der Waals surface area contributed by atoms with Crippen LogP contribution in [0.15, 0.2) is 43.0 Å². The maximum absolute atomic E-state index is 4.18.